The summed E-state index contributed by atoms with van der Waals surface area (Å²) in [5.41, 5.74) is 2.89. The first kappa shape index (κ1) is 16.4. The third kappa shape index (κ3) is 4.31. The van der Waals surface area contributed by atoms with E-state index in [4.69, 9.17) is 9.15 Å². The summed E-state index contributed by atoms with van der Waals surface area (Å²) >= 11 is 1.47. The number of methoxy groups -OCH3 is 1. The van der Waals surface area contributed by atoms with Crippen LogP contribution in [0.4, 0.5) is 0 Å². The Hall–Kier alpha value is -2.44. The fourth-order valence-corrected chi connectivity index (χ4v) is 3.11. The number of hydrogen-bond acceptors (Lipinski definition) is 5. The molecule has 0 aliphatic carbocycles. The van der Waals surface area contributed by atoms with Crippen LogP contribution in [0.15, 0.2) is 52.5 Å². The highest BCUT2D eigenvalue weighted by Gasteiger charge is 2.10. The average molecular weight is 342 g/mol. The van der Waals surface area contributed by atoms with Crippen LogP contribution >= 0.6 is 11.3 Å². The molecule has 0 radical (unpaired) electrons. The summed E-state index contributed by atoms with van der Waals surface area (Å²) in [5.74, 6) is 0.671. The topological polar surface area (TPSA) is 64.4 Å². The van der Waals surface area contributed by atoms with Crippen molar-refractivity contribution in [2.45, 2.75) is 19.6 Å². The lowest BCUT2D eigenvalue weighted by atomic mass is 10.1. The van der Waals surface area contributed by atoms with Crippen molar-refractivity contribution >= 4 is 17.2 Å². The third-order valence-corrected chi connectivity index (χ3v) is 4.32. The van der Waals surface area contributed by atoms with Crippen LogP contribution in [0.2, 0.25) is 0 Å². The summed E-state index contributed by atoms with van der Waals surface area (Å²) in [5, 5.41) is 5.59. The zero-order valence-corrected chi connectivity index (χ0v) is 14.1. The second-order valence-corrected chi connectivity index (χ2v) is 6.19. The first-order valence-electron chi connectivity index (χ1n) is 7.56. The molecule has 0 saturated heterocycles. The molecular weight excluding hydrogens is 324 g/mol. The molecule has 1 aromatic carbocycles. The molecule has 3 rings (SSSR count). The van der Waals surface area contributed by atoms with Crippen molar-refractivity contribution in [3.63, 3.8) is 0 Å². The van der Waals surface area contributed by atoms with Crippen LogP contribution in [-0.4, -0.2) is 18.0 Å². The van der Waals surface area contributed by atoms with Crippen LogP contribution in [0.5, 0.6) is 0 Å². The maximum Gasteiger partial charge on any atom is 0.226 e. The highest BCUT2D eigenvalue weighted by Crippen LogP contribution is 2.24. The predicted molar refractivity (Wildman–Crippen MR) is 92.5 cm³/mol. The van der Waals surface area contributed by atoms with Crippen molar-refractivity contribution in [1.29, 1.82) is 0 Å². The fourth-order valence-electron chi connectivity index (χ4n) is 2.33. The number of rotatable bonds is 7. The van der Waals surface area contributed by atoms with E-state index in [9.17, 15) is 4.79 Å². The summed E-state index contributed by atoms with van der Waals surface area (Å²) < 4.78 is 10.4. The number of nitrogens with one attached hydrogen (secondary N) is 1. The number of nitrogens with zero attached hydrogens (tertiary/aromatic N) is 1. The number of furan rings is 1. The van der Waals surface area contributed by atoms with Gasteiger partial charge in [-0.1, -0.05) is 24.3 Å². The van der Waals surface area contributed by atoms with E-state index in [-0.39, 0.29) is 12.3 Å². The van der Waals surface area contributed by atoms with Crippen LogP contribution in [0.3, 0.4) is 0 Å². The van der Waals surface area contributed by atoms with Gasteiger partial charge in [0.15, 0.2) is 10.8 Å². The van der Waals surface area contributed by atoms with Gasteiger partial charge in [-0.05, 0) is 23.3 Å². The summed E-state index contributed by atoms with van der Waals surface area (Å²) in [4.78, 5) is 16.5. The summed E-state index contributed by atoms with van der Waals surface area (Å²) in [6, 6.07) is 11.7. The Labute approximate surface area is 144 Å². The highest BCUT2D eigenvalue weighted by molar-refractivity contribution is 7.13. The number of thiazole rings is 1. The smallest absolute Gasteiger partial charge is 0.226 e. The Bertz CT molecular complexity index is 796. The van der Waals surface area contributed by atoms with Gasteiger partial charge in [-0.3, -0.25) is 4.79 Å². The maximum atomic E-state index is 12.1. The summed E-state index contributed by atoms with van der Waals surface area (Å²) in [6.07, 6.45) is 1.87. The molecule has 0 aliphatic rings. The van der Waals surface area contributed by atoms with Crippen molar-refractivity contribution in [1.82, 2.24) is 10.3 Å². The lowest BCUT2D eigenvalue weighted by Crippen LogP contribution is -2.24. The van der Waals surface area contributed by atoms with E-state index in [1.165, 1.54) is 11.3 Å². The minimum absolute atomic E-state index is 0.0524. The van der Waals surface area contributed by atoms with Crippen molar-refractivity contribution in [3.8, 4) is 10.8 Å². The Morgan fingerprint density at radius 2 is 2.17 bits per heavy atom. The first-order chi connectivity index (χ1) is 11.7. The number of benzene rings is 1. The number of carbonyl (C=O) groups excluding carboxylic acids is 1. The number of amides is 1. The van der Waals surface area contributed by atoms with Gasteiger partial charge in [0.1, 0.15) is 0 Å². The molecule has 5 nitrogen and oxygen atoms in total. The van der Waals surface area contributed by atoms with Crippen LogP contribution < -0.4 is 5.32 Å². The average Bonchev–Trinajstić information content (AvgIpc) is 3.25. The predicted octanol–water partition coefficient (Wildman–Crippen LogP) is 3.41. The molecule has 1 amide bonds. The summed E-state index contributed by atoms with van der Waals surface area (Å²) in [6.45, 7) is 1.06. The zero-order valence-electron chi connectivity index (χ0n) is 13.3. The van der Waals surface area contributed by atoms with Gasteiger partial charge in [-0.2, -0.15) is 0 Å². The normalized spacial score (nSPS) is 10.7. The quantitative estimate of drug-likeness (QED) is 0.715. The monoisotopic (exact) mass is 342 g/mol. The molecule has 0 unspecified atom stereocenters. The second-order valence-electron chi connectivity index (χ2n) is 5.33. The van der Waals surface area contributed by atoms with Gasteiger partial charge in [0.05, 0.1) is 25.0 Å². The van der Waals surface area contributed by atoms with E-state index in [1.807, 2.05) is 41.8 Å². The molecule has 0 atom stereocenters. The zero-order chi connectivity index (χ0) is 16.8. The lowest BCUT2D eigenvalue weighted by Gasteiger charge is -2.06. The molecule has 0 aliphatic heterocycles. The van der Waals surface area contributed by atoms with Gasteiger partial charge in [0.2, 0.25) is 5.91 Å². The second kappa shape index (κ2) is 7.90. The van der Waals surface area contributed by atoms with Crippen molar-refractivity contribution in [3.05, 3.63) is 64.9 Å². The Kier molecular flexibility index (Phi) is 5.40. The van der Waals surface area contributed by atoms with Gasteiger partial charge in [-0.15, -0.1) is 11.3 Å². The molecule has 0 bridgehead atoms. The molecule has 3 aromatic rings. The van der Waals surface area contributed by atoms with Gasteiger partial charge < -0.3 is 14.5 Å². The molecule has 124 valence electrons. The minimum atomic E-state index is -0.0524. The van der Waals surface area contributed by atoms with E-state index in [0.717, 1.165) is 27.6 Å². The van der Waals surface area contributed by atoms with E-state index < -0.39 is 0 Å². The fraction of sp³-hybridized carbons (Fsp3) is 0.222. The Balaban J connectivity index is 1.53. The Morgan fingerprint density at radius 1 is 1.29 bits per heavy atom. The molecular formula is C18H18N2O3S. The highest BCUT2D eigenvalue weighted by atomic mass is 32.1. The summed E-state index contributed by atoms with van der Waals surface area (Å²) in [7, 11) is 1.67. The maximum absolute atomic E-state index is 12.1. The molecule has 2 aromatic heterocycles. The molecule has 24 heavy (non-hydrogen) atoms. The van der Waals surface area contributed by atoms with E-state index >= 15 is 0 Å². The molecule has 0 fully saturated rings. The molecule has 2 heterocycles. The SMILES string of the molecule is COCc1cccc(CNC(=O)Cc2csc(-c3ccco3)n2)c1. The number of carbonyl (C=O) groups is 1. The number of ether oxygens (including phenoxy) is 1. The largest absolute Gasteiger partial charge is 0.462 e. The van der Waals surface area contributed by atoms with Crippen LogP contribution in [-0.2, 0) is 29.1 Å². The van der Waals surface area contributed by atoms with Crippen LogP contribution in [0, 0.1) is 0 Å². The minimum Gasteiger partial charge on any atom is -0.462 e. The van der Waals surface area contributed by atoms with E-state index in [1.54, 1.807) is 13.4 Å². The van der Waals surface area contributed by atoms with E-state index in [0.29, 0.717) is 13.2 Å². The Morgan fingerprint density at radius 3 is 2.96 bits per heavy atom. The first-order valence-corrected chi connectivity index (χ1v) is 8.44. The van der Waals surface area contributed by atoms with E-state index in [2.05, 4.69) is 10.3 Å². The molecule has 1 N–H and O–H groups in total. The van der Waals surface area contributed by atoms with Gasteiger partial charge in [0.25, 0.3) is 0 Å². The van der Waals surface area contributed by atoms with Crippen molar-refractivity contribution in [2.24, 2.45) is 0 Å². The lowest BCUT2D eigenvalue weighted by molar-refractivity contribution is -0.120. The van der Waals surface area contributed by atoms with Crippen LogP contribution in [0.1, 0.15) is 16.8 Å². The van der Waals surface area contributed by atoms with Gasteiger partial charge >= 0.3 is 0 Å². The molecule has 6 heteroatoms. The number of hydrogen-bond donors (Lipinski definition) is 1. The van der Waals surface area contributed by atoms with Crippen molar-refractivity contribution < 1.29 is 13.9 Å². The molecule has 0 spiro atoms. The van der Waals surface area contributed by atoms with Crippen LogP contribution in [0.25, 0.3) is 10.8 Å². The third-order valence-electron chi connectivity index (χ3n) is 3.42. The molecule has 0 saturated carbocycles. The van der Waals surface area contributed by atoms with Gasteiger partial charge in [-0.25, -0.2) is 4.98 Å². The number of aromatic nitrogens is 1. The standard InChI is InChI=1S/C18H18N2O3S/c1-22-11-14-5-2-4-13(8-14)10-19-17(21)9-15-12-24-18(20-15)16-6-3-7-23-16/h2-8,12H,9-11H2,1H3,(H,19,21). The van der Waals surface area contributed by atoms with Gasteiger partial charge in [0, 0.05) is 19.0 Å². The van der Waals surface area contributed by atoms with Crippen molar-refractivity contribution in [2.75, 3.05) is 7.11 Å².